The summed E-state index contributed by atoms with van der Waals surface area (Å²) in [5, 5.41) is 0. The van der Waals surface area contributed by atoms with Gasteiger partial charge in [-0.3, -0.25) is 9.59 Å². The molecule has 2 aromatic carbocycles. The quantitative estimate of drug-likeness (QED) is 0.831. The maximum absolute atomic E-state index is 13.4. The summed E-state index contributed by atoms with van der Waals surface area (Å²) in [6.07, 6.45) is 1.39. The van der Waals surface area contributed by atoms with Gasteiger partial charge in [-0.25, -0.2) is 8.78 Å². The number of hydrogen-bond acceptors (Lipinski definition) is 2. The molecule has 0 bridgehead atoms. The second kappa shape index (κ2) is 7.23. The van der Waals surface area contributed by atoms with E-state index in [1.54, 1.807) is 43.1 Å². The van der Waals surface area contributed by atoms with Crippen LogP contribution in [0.1, 0.15) is 41.7 Å². The molecule has 0 aliphatic carbocycles. The lowest BCUT2D eigenvalue weighted by atomic mass is 10.1. The van der Waals surface area contributed by atoms with Crippen molar-refractivity contribution in [3.63, 3.8) is 0 Å². The van der Waals surface area contributed by atoms with Gasteiger partial charge in [-0.15, -0.1) is 0 Å². The van der Waals surface area contributed by atoms with E-state index in [2.05, 4.69) is 0 Å². The summed E-state index contributed by atoms with van der Waals surface area (Å²) < 4.78 is 26.5. The minimum atomic E-state index is -0.935. The standard InChI is InChI=1S/C20H20F2N2O2/c1-13(15-7-10-17(21)18(22)12-15)23(2)20(26)14-5-8-16(9-6-14)24-11-3-4-19(24)25/h5-10,12-13H,3-4,11H2,1-2H3. The number of hydrogen-bond donors (Lipinski definition) is 0. The first-order valence-corrected chi connectivity index (χ1v) is 8.51. The zero-order chi connectivity index (χ0) is 18.8. The predicted molar refractivity (Wildman–Crippen MR) is 94.9 cm³/mol. The molecule has 1 aliphatic rings. The summed E-state index contributed by atoms with van der Waals surface area (Å²) in [6, 6.07) is 10.1. The van der Waals surface area contributed by atoms with Crippen LogP contribution in [0.2, 0.25) is 0 Å². The number of carbonyl (C=O) groups is 2. The van der Waals surface area contributed by atoms with Gasteiger partial charge in [0.05, 0.1) is 6.04 Å². The molecule has 4 nitrogen and oxygen atoms in total. The van der Waals surface area contributed by atoms with Crippen LogP contribution in [-0.2, 0) is 4.79 Å². The third kappa shape index (κ3) is 3.45. The van der Waals surface area contributed by atoms with Crippen molar-refractivity contribution < 1.29 is 18.4 Å². The lowest BCUT2D eigenvalue weighted by molar-refractivity contribution is -0.117. The molecule has 3 rings (SSSR count). The van der Waals surface area contributed by atoms with Crippen molar-refractivity contribution in [2.75, 3.05) is 18.5 Å². The van der Waals surface area contributed by atoms with Crippen LogP contribution in [-0.4, -0.2) is 30.3 Å². The van der Waals surface area contributed by atoms with Gasteiger partial charge in [0.15, 0.2) is 11.6 Å². The maximum Gasteiger partial charge on any atom is 0.254 e. The highest BCUT2D eigenvalue weighted by Crippen LogP contribution is 2.25. The number of halogens is 2. The molecule has 0 saturated carbocycles. The van der Waals surface area contributed by atoms with E-state index in [1.165, 1.54) is 11.0 Å². The molecule has 0 radical (unpaired) electrons. The van der Waals surface area contributed by atoms with Crippen LogP contribution in [0.4, 0.5) is 14.5 Å². The van der Waals surface area contributed by atoms with Gasteiger partial charge < -0.3 is 9.80 Å². The van der Waals surface area contributed by atoms with Gasteiger partial charge in [-0.05, 0) is 55.3 Å². The van der Waals surface area contributed by atoms with E-state index in [0.717, 1.165) is 24.2 Å². The summed E-state index contributed by atoms with van der Waals surface area (Å²) in [6.45, 7) is 2.45. The van der Waals surface area contributed by atoms with Crippen LogP contribution in [0.3, 0.4) is 0 Å². The zero-order valence-electron chi connectivity index (χ0n) is 14.7. The van der Waals surface area contributed by atoms with E-state index in [9.17, 15) is 18.4 Å². The molecular formula is C20H20F2N2O2. The van der Waals surface area contributed by atoms with Gasteiger partial charge in [0.25, 0.3) is 5.91 Å². The normalized spacial score (nSPS) is 15.2. The summed E-state index contributed by atoms with van der Waals surface area (Å²) in [7, 11) is 1.62. The average molecular weight is 358 g/mol. The van der Waals surface area contributed by atoms with Crippen molar-refractivity contribution in [2.45, 2.75) is 25.8 Å². The predicted octanol–water partition coefficient (Wildman–Crippen LogP) is 3.92. The number of rotatable bonds is 4. The van der Waals surface area contributed by atoms with Gasteiger partial charge in [0.2, 0.25) is 5.91 Å². The summed E-state index contributed by atoms with van der Waals surface area (Å²) in [5.74, 6) is -1.99. The third-order valence-electron chi connectivity index (χ3n) is 4.83. The summed E-state index contributed by atoms with van der Waals surface area (Å²) in [5.41, 5.74) is 1.76. The van der Waals surface area contributed by atoms with E-state index >= 15 is 0 Å². The van der Waals surface area contributed by atoms with Gasteiger partial charge in [0, 0.05) is 31.3 Å². The lowest BCUT2D eigenvalue weighted by Crippen LogP contribution is -2.30. The third-order valence-corrected chi connectivity index (χ3v) is 4.83. The highest BCUT2D eigenvalue weighted by atomic mass is 19.2. The SMILES string of the molecule is CC(c1ccc(F)c(F)c1)N(C)C(=O)c1ccc(N2CCCC2=O)cc1. The van der Waals surface area contributed by atoms with Crippen LogP contribution < -0.4 is 4.90 Å². The lowest BCUT2D eigenvalue weighted by Gasteiger charge is -2.26. The Morgan fingerprint density at radius 3 is 2.38 bits per heavy atom. The van der Waals surface area contributed by atoms with Crippen LogP contribution in [0, 0.1) is 11.6 Å². The van der Waals surface area contributed by atoms with Crippen molar-refractivity contribution >= 4 is 17.5 Å². The first-order valence-electron chi connectivity index (χ1n) is 8.51. The molecule has 26 heavy (non-hydrogen) atoms. The number of carbonyl (C=O) groups excluding carboxylic acids is 2. The molecule has 0 spiro atoms. The Labute approximate surface area is 151 Å². The molecule has 6 heteroatoms. The Morgan fingerprint density at radius 2 is 1.81 bits per heavy atom. The van der Waals surface area contributed by atoms with Crippen molar-refractivity contribution in [2.24, 2.45) is 0 Å². The molecule has 1 fully saturated rings. The van der Waals surface area contributed by atoms with E-state index < -0.39 is 17.7 Å². The highest BCUT2D eigenvalue weighted by Gasteiger charge is 2.23. The van der Waals surface area contributed by atoms with Crippen molar-refractivity contribution in [3.05, 3.63) is 65.2 Å². The fourth-order valence-corrected chi connectivity index (χ4v) is 3.08. The molecule has 0 N–H and O–H groups in total. The van der Waals surface area contributed by atoms with E-state index in [-0.39, 0.29) is 11.8 Å². The van der Waals surface area contributed by atoms with Crippen molar-refractivity contribution in [1.82, 2.24) is 4.90 Å². The fraction of sp³-hybridized carbons (Fsp3) is 0.300. The van der Waals surface area contributed by atoms with E-state index in [0.29, 0.717) is 24.1 Å². The number of anilines is 1. The molecule has 1 saturated heterocycles. The molecule has 1 atom stereocenters. The minimum Gasteiger partial charge on any atom is -0.335 e. The first-order chi connectivity index (χ1) is 12.4. The van der Waals surface area contributed by atoms with E-state index in [1.807, 2.05) is 0 Å². The van der Waals surface area contributed by atoms with Gasteiger partial charge in [-0.2, -0.15) is 0 Å². The Balaban J connectivity index is 1.75. The van der Waals surface area contributed by atoms with Crippen molar-refractivity contribution in [3.8, 4) is 0 Å². The monoisotopic (exact) mass is 358 g/mol. The van der Waals surface area contributed by atoms with Crippen molar-refractivity contribution in [1.29, 1.82) is 0 Å². The summed E-state index contributed by atoms with van der Waals surface area (Å²) in [4.78, 5) is 27.7. The molecule has 136 valence electrons. The maximum atomic E-state index is 13.4. The van der Waals surface area contributed by atoms with Gasteiger partial charge in [-0.1, -0.05) is 6.07 Å². The number of amides is 2. The van der Waals surface area contributed by atoms with Gasteiger partial charge in [0.1, 0.15) is 0 Å². The molecule has 2 amide bonds. The Bertz CT molecular complexity index is 836. The average Bonchev–Trinajstić information content (AvgIpc) is 3.08. The number of benzene rings is 2. The smallest absolute Gasteiger partial charge is 0.254 e. The van der Waals surface area contributed by atoms with Crippen LogP contribution >= 0.6 is 0 Å². The Kier molecular flexibility index (Phi) is 5.02. The second-order valence-electron chi connectivity index (χ2n) is 6.46. The van der Waals surface area contributed by atoms with Crippen LogP contribution in [0.25, 0.3) is 0 Å². The fourth-order valence-electron chi connectivity index (χ4n) is 3.08. The second-order valence-corrected chi connectivity index (χ2v) is 6.46. The van der Waals surface area contributed by atoms with Crippen LogP contribution in [0.5, 0.6) is 0 Å². The molecule has 1 aliphatic heterocycles. The minimum absolute atomic E-state index is 0.0909. The van der Waals surface area contributed by atoms with Crippen LogP contribution in [0.15, 0.2) is 42.5 Å². The molecule has 1 unspecified atom stereocenters. The molecule has 1 heterocycles. The Hall–Kier alpha value is -2.76. The highest BCUT2D eigenvalue weighted by molar-refractivity contribution is 5.97. The molecular weight excluding hydrogens is 338 g/mol. The number of nitrogens with zero attached hydrogens (tertiary/aromatic N) is 2. The summed E-state index contributed by atoms with van der Waals surface area (Å²) >= 11 is 0. The van der Waals surface area contributed by atoms with Gasteiger partial charge >= 0.3 is 0 Å². The Morgan fingerprint density at radius 1 is 1.12 bits per heavy atom. The van der Waals surface area contributed by atoms with E-state index in [4.69, 9.17) is 0 Å². The first kappa shape index (κ1) is 18.0. The topological polar surface area (TPSA) is 40.6 Å². The molecule has 2 aromatic rings. The zero-order valence-corrected chi connectivity index (χ0v) is 14.7. The largest absolute Gasteiger partial charge is 0.335 e. The molecule has 0 aromatic heterocycles.